The molecule has 0 saturated carbocycles. The maximum Gasteiger partial charge on any atom is 0.0577 e. The van der Waals surface area contributed by atoms with Crippen LogP contribution in [0.15, 0.2) is 18.5 Å². The van der Waals surface area contributed by atoms with Gasteiger partial charge < -0.3 is 5.32 Å². The summed E-state index contributed by atoms with van der Waals surface area (Å²) in [4.78, 5) is 0. The third kappa shape index (κ3) is 3.22. The number of aromatic nitrogens is 2. The summed E-state index contributed by atoms with van der Waals surface area (Å²) < 4.78 is 1.90. The first-order valence-electron chi connectivity index (χ1n) is 4.01. The molecule has 0 aliphatic heterocycles. The average molecular weight is 163 g/mol. The van der Waals surface area contributed by atoms with E-state index in [4.69, 9.17) is 0 Å². The van der Waals surface area contributed by atoms with Crippen LogP contribution in [0.5, 0.6) is 0 Å². The van der Waals surface area contributed by atoms with Crippen LogP contribution < -0.4 is 5.32 Å². The smallest absolute Gasteiger partial charge is 0.0577 e. The Morgan fingerprint density at radius 3 is 3.17 bits per heavy atom. The van der Waals surface area contributed by atoms with Gasteiger partial charge in [-0.2, -0.15) is 5.10 Å². The highest BCUT2D eigenvalue weighted by Crippen LogP contribution is 1.81. The number of rotatable bonds is 4. The highest BCUT2D eigenvalue weighted by molar-refractivity contribution is 4.96. The van der Waals surface area contributed by atoms with Crippen LogP contribution in [-0.4, -0.2) is 22.9 Å². The van der Waals surface area contributed by atoms with Gasteiger partial charge in [0.05, 0.1) is 13.1 Å². The zero-order chi connectivity index (χ0) is 8.65. The van der Waals surface area contributed by atoms with Crippen molar-refractivity contribution in [2.75, 3.05) is 13.1 Å². The predicted octanol–water partition coefficient (Wildman–Crippen LogP) is 0.496. The topological polar surface area (TPSA) is 29.9 Å². The van der Waals surface area contributed by atoms with E-state index in [1.165, 1.54) is 0 Å². The van der Waals surface area contributed by atoms with Gasteiger partial charge in [0, 0.05) is 18.9 Å². The van der Waals surface area contributed by atoms with E-state index in [2.05, 4.69) is 22.3 Å². The summed E-state index contributed by atoms with van der Waals surface area (Å²) >= 11 is 0. The largest absolute Gasteiger partial charge is 0.304 e. The molecule has 64 valence electrons. The van der Waals surface area contributed by atoms with E-state index in [1.54, 1.807) is 6.20 Å². The van der Waals surface area contributed by atoms with Crippen molar-refractivity contribution in [1.82, 2.24) is 15.1 Å². The van der Waals surface area contributed by atoms with Crippen molar-refractivity contribution in [1.29, 1.82) is 0 Å². The molecule has 0 aromatic carbocycles. The lowest BCUT2D eigenvalue weighted by molar-refractivity contribution is 0.575. The standard InChI is InChI=1S/C9H13N3/c1-2-3-5-10-7-9-12-8-4-6-11-12/h4,6,8,10H,5,7,9H2,1H3. The second-order valence-electron chi connectivity index (χ2n) is 2.37. The highest BCUT2D eigenvalue weighted by atomic mass is 15.3. The van der Waals surface area contributed by atoms with Gasteiger partial charge in [-0.3, -0.25) is 4.68 Å². The van der Waals surface area contributed by atoms with Gasteiger partial charge in [-0.1, -0.05) is 5.92 Å². The number of nitrogens with one attached hydrogen (secondary N) is 1. The Morgan fingerprint density at radius 2 is 2.50 bits per heavy atom. The Bertz CT molecular complexity index is 253. The number of nitrogens with zero attached hydrogens (tertiary/aromatic N) is 2. The molecule has 0 aliphatic rings. The maximum atomic E-state index is 4.07. The fraction of sp³-hybridized carbons (Fsp3) is 0.444. The van der Waals surface area contributed by atoms with E-state index in [1.807, 2.05) is 23.9 Å². The molecule has 1 heterocycles. The van der Waals surface area contributed by atoms with Crippen LogP contribution in [0.2, 0.25) is 0 Å². The fourth-order valence-corrected chi connectivity index (χ4v) is 0.866. The molecule has 0 unspecified atom stereocenters. The van der Waals surface area contributed by atoms with Gasteiger partial charge in [0.2, 0.25) is 0 Å². The molecular formula is C9H13N3. The summed E-state index contributed by atoms with van der Waals surface area (Å²) in [6.45, 7) is 4.42. The van der Waals surface area contributed by atoms with E-state index in [0.717, 1.165) is 19.6 Å². The lowest BCUT2D eigenvalue weighted by Crippen LogP contribution is -2.20. The molecule has 0 amide bonds. The van der Waals surface area contributed by atoms with Gasteiger partial charge >= 0.3 is 0 Å². The van der Waals surface area contributed by atoms with E-state index < -0.39 is 0 Å². The van der Waals surface area contributed by atoms with E-state index in [-0.39, 0.29) is 0 Å². The van der Waals surface area contributed by atoms with Crippen molar-refractivity contribution in [3.05, 3.63) is 18.5 Å². The molecule has 1 N–H and O–H groups in total. The van der Waals surface area contributed by atoms with Gasteiger partial charge in [0.15, 0.2) is 0 Å². The molecule has 12 heavy (non-hydrogen) atoms. The third-order valence-corrected chi connectivity index (χ3v) is 1.47. The van der Waals surface area contributed by atoms with Crippen molar-refractivity contribution in [2.24, 2.45) is 0 Å². The Kier molecular flexibility index (Phi) is 3.96. The lowest BCUT2D eigenvalue weighted by atomic mass is 10.5. The van der Waals surface area contributed by atoms with Crippen LogP contribution in [0.4, 0.5) is 0 Å². The van der Waals surface area contributed by atoms with Crippen molar-refractivity contribution in [3.63, 3.8) is 0 Å². The molecule has 1 aromatic heterocycles. The van der Waals surface area contributed by atoms with Gasteiger partial charge in [-0.25, -0.2) is 0 Å². The summed E-state index contributed by atoms with van der Waals surface area (Å²) in [6, 6.07) is 1.92. The second-order valence-corrected chi connectivity index (χ2v) is 2.37. The van der Waals surface area contributed by atoms with E-state index >= 15 is 0 Å². The molecule has 0 aliphatic carbocycles. The molecule has 0 atom stereocenters. The molecule has 0 spiro atoms. The quantitative estimate of drug-likeness (QED) is 0.517. The molecule has 1 rings (SSSR count). The minimum Gasteiger partial charge on any atom is -0.304 e. The van der Waals surface area contributed by atoms with Crippen molar-refractivity contribution < 1.29 is 0 Å². The zero-order valence-corrected chi connectivity index (χ0v) is 7.25. The van der Waals surface area contributed by atoms with Gasteiger partial charge in [0.1, 0.15) is 0 Å². The van der Waals surface area contributed by atoms with Crippen LogP contribution in [0, 0.1) is 11.8 Å². The first-order chi connectivity index (χ1) is 5.93. The Labute approximate surface area is 72.8 Å². The summed E-state index contributed by atoms with van der Waals surface area (Å²) in [7, 11) is 0. The number of hydrogen-bond donors (Lipinski definition) is 1. The Balaban J connectivity index is 2.06. The SMILES string of the molecule is CC#CCNCCn1cccn1. The Morgan fingerprint density at radius 1 is 1.58 bits per heavy atom. The molecule has 0 bridgehead atoms. The summed E-state index contributed by atoms with van der Waals surface area (Å²) in [5.41, 5.74) is 0. The van der Waals surface area contributed by atoms with Crippen molar-refractivity contribution in [3.8, 4) is 11.8 Å². The second kappa shape index (κ2) is 5.39. The zero-order valence-electron chi connectivity index (χ0n) is 7.25. The normalized spacial score (nSPS) is 9.08. The molecule has 0 radical (unpaired) electrons. The van der Waals surface area contributed by atoms with Crippen molar-refractivity contribution >= 4 is 0 Å². The molecule has 0 fully saturated rings. The monoisotopic (exact) mass is 163 g/mol. The highest BCUT2D eigenvalue weighted by Gasteiger charge is 1.87. The van der Waals surface area contributed by atoms with Crippen LogP contribution >= 0.6 is 0 Å². The molecule has 3 nitrogen and oxygen atoms in total. The minimum absolute atomic E-state index is 0.762. The minimum atomic E-state index is 0.762. The van der Waals surface area contributed by atoms with Crippen molar-refractivity contribution in [2.45, 2.75) is 13.5 Å². The first-order valence-corrected chi connectivity index (χ1v) is 4.01. The predicted molar refractivity (Wildman–Crippen MR) is 48.5 cm³/mol. The third-order valence-electron chi connectivity index (χ3n) is 1.47. The summed E-state index contributed by atoms with van der Waals surface area (Å²) in [6.07, 6.45) is 3.74. The summed E-state index contributed by atoms with van der Waals surface area (Å²) in [5.74, 6) is 5.76. The van der Waals surface area contributed by atoms with Crippen LogP contribution in [0.1, 0.15) is 6.92 Å². The van der Waals surface area contributed by atoms with Crippen LogP contribution in [0.3, 0.4) is 0 Å². The molecule has 1 aromatic rings. The molecular weight excluding hydrogens is 150 g/mol. The van der Waals surface area contributed by atoms with Crippen LogP contribution in [0.25, 0.3) is 0 Å². The maximum absolute atomic E-state index is 4.07. The van der Waals surface area contributed by atoms with Gasteiger partial charge in [0.25, 0.3) is 0 Å². The summed E-state index contributed by atoms with van der Waals surface area (Å²) in [5, 5.41) is 7.26. The van der Waals surface area contributed by atoms with E-state index in [9.17, 15) is 0 Å². The fourth-order valence-electron chi connectivity index (χ4n) is 0.866. The Hall–Kier alpha value is -1.27. The molecule has 3 heteroatoms. The molecule has 0 saturated heterocycles. The van der Waals surface area contributed by atoms with Crippen LogP contribution in [-0.2, 0) is 6.54 Å². The first kappa shape index (κ1) is 8.82. The lowest BCUT2D eigenvalue weighted by Gasteiger charge is -2.00. The average Bonchev–Trinajstić information content (AvgIpc) is 2.57. The van der Waals surface area contributed by atoms with Gasteiger partial charge in [-0.05, 0) is 13.0 Å². The van der Waals surface area contributed by atoms with E-state index in [0.29, 0.717) is 0 Å². The van der Waals surface area contributed by atoms with Gasteiger partial charge in [-0.15, -0.1) is 5.92 Å². The number of hydrogen-bond acceptors (Lipinski definition) is 2.